The molecule has 0 aliphatic carbocycles. The van der Waals surface area contributed by atoms with E-state index in [9.17, 15) is 13.2 Å². The Morgan fingerprint density at radius 2 is 1.84 bits per heavy atom. The number of carbonyl (C=O) groups is 1. The molecule has 0 saturated heterocycles. The number of hydrogen-bond acceptors (Lipinski definition) is 4. The first kappa shape index (κ1) is 18.9. The van der Waals surface area contributed by atoms with Gasteiger partial charge in [0.2, 0.25) is 15.9 Å². The molecule has 1 atom stereocenters. The monoisotopic (exact) mass is 361 g/mol. The molecule has 0 fully saturated rings. The van der Waals surface area contributed by atoms with E-state index in [4.69, 9.17) is 0 Å². The minimum atomic E-state index is -3.62. The fourth-order valence-electron chi connectivity index (χ4n) is 2.58. The number of amides is 1. The molecule has 25 heavy (non-hydrogen) atoms. The third kappa shape index (κ3) is 4.79. The van der Waals surface area contributed by atoms with Crippen molar-refractivity contribution in [3.63, 3.8) is 0 Å². The smallest absolute Gasteiger partial charge is 0.243 e. The van der Waals surface area contributed by atoms with Gasteiger partial charge in [0.05, 0.1) is 11.9 Å². The average molecular weight is 361 g/mol. The molecular formula is C18H23N3O3S. The molecule has 0 aliphatic rings. The number of nitrogens with zero attached hydrogens (tertiary/aromatic N) is 2. The van der Waals surface area contributed by atoms with Gasteiger partial charge in [0.25, 0.3) is 0 Å². The molecule has 1 unspecified atom stereocenters. The fraction of sp³-hybridized carbons (Fsp3) is 0.333. The van der Waals surface area contributed by atoms with Gasteiger partial charge in [-0.2, -0.15) is 0 Å². The minimum absolute atomic E-state index is 0.316. The lowest BCUT2D eigenvalue weighted by Crippen LogP contribution is -2.48. The third-order valence-electron chi connectivity index (χ3n) is 3.91. The van der Waals surface area contributed by atoms with Crippen LogP contribution >= 0.6 is 0 Å². The highest BCUT2D eigenvalue weighted by atomic mass is 32.2. The number of aromatic nitrogens is 1. The lowest BCUT2D eigenvalue weighted by atomic mass is 10.1. The molecule has 2 rings (SSSR count). The summed E-state index contributed by atoms with van der Waals surface area (Å²) in [6, 6.07) is 8.27. The van der Waals surface area contributed by atoms with Gasteiger partial charge in [-0.3, -0.25) is 14.1 Å². The maximum Gasteiger partial charge on any atom is 0.243 e. The van der Waals surface area contributed by atoms with Crippen LogP contribution in [0.5, 0.6) is 0 Å². The molecule has 0 radical (unpaired) electrons. The van der Waals surface area contributed by atoms with Gasteiger partial charge < -0.3 is 5.32 Å². The summed E-state index contributed by atoms with van der Waals surface area (Å²) in [6.45, 7) is 5.62. The summed E-state index contributed by atoms with van der Waals surface area (Å²) >= 11 is 0. The van der Waals surface area contributed by atoms with Crippen LogP contribution < -0.4 is 9.62 Å². The predicted molar refractivity (Wildman–Crippen MR) is 98.8 cm³/mol. The van der Waals surface area contributed by atoms with E-state index in [1.54, 1.807) is 37.5 Å². The maximum atomic E-state index is 12.5. The van der Waals surface area contributed by atoms with Gasteiger partial charge in [-0.15, -0.1) is 0 Å². The summed E-state index contributed by atoms with van der Waals surface area (Å²) in [6.07, 6.45) is 4.40. The van der Waals surface area contributed by atoms with Crippen molar-refractivity contribution in [3.05, 3.63) is 59.4 Å². The molecule has 1 N–H and O–H groups in total. The Bertz CT molecular complexity index is 851. The van der Waals surface area contributed by atoms with Gasteiger partial charge in [-0.05, 0) is 55.7 Å². The molecule has 1 amide bonds. The van der Waals surface area contributed by atoms with Crippen molar-refractivity contribution in [1.29, 1.82) is 0 Å². The SMILES string of the molecule is Cc1ccc(C)c(N(C(C)C(=O)NCc2ccncc2)S(C)(=O)=O)c1. The Morgan fingerprint density at radius 3 is 2.44 bits per heavy atom. The van der Waals surface area contributed by atoms with Crippen LogP contribution in [0.4, 0.5) is 5.69 Å². The van der Waals surface area contributed by atoms with Crippen molar-refractivity contribution in [2.24, 2.45) is 0 Å². The van der Waals surface area contributed by atoms with Gasteiger partial charge in [0.15, 0.2) is 0 Å². The van der Waals surface area contributed by atoms with E-state index in [0.717, 1.165) is 22.9 Å². The number of hydrogen-bond donors (Lipinski definition) is 1. The number of anilines is 1. The average Bonchev–Trinajstić information content (AvgIpc) is 2.55. The zero-order valence-corrected chi connectivity index (χ0v) is 15.7. The summed E-state index contributed by atoms with van der Waals surface area (Å²) < 4.78 is 25.9. The largest absolute Gasteiger partial charge is 0.350 e. The molecule has 0 saturated carbocycles. The Labute approximate surface area is 148 Å². The van der Waals surface area contributed by atoms with Crippen molar-refractivity contribution >= 4 is 21.6 Å². The van der Waals surface area contributed by atoms with Crippen LogP contribution in [0.1, 0.15) is 23.6 Å². The van der Waals surface area contributed by atoms with E-state index in [0.29, 0.717) is 12.2 Å². The lowest BCUT2D eigenvalue weighted by molar-refractivity contribution is -0.122. The van der Waals surface area contributed by atoms with Crippen LogP contribution in [0.15, 0.2) is 42.7 Å². The van der Waals surface area contributed by atoms with E-state index in [2.05, 4.69) is 10.3 Å². The van der Waals surface area contributed by atoms with Crippen molar-refractivity contribution in [3.8, 4) is 0 Å². The number of benzene rings is 1. The molecule has 0 bridgehead atoms. The third-order valence-corrected chi connectivity index (χ3v) is 5.13. The van der Waals surface area contributed by atoms with Gasteiger partial charge in [0, 0.05) is 18.9 Å². The highest BCUT2D eigenvalue weighted by Crippen LogP contribution is 2.26. The zero-order chi connectivity index (χ0) is 18.6. The highest BCUT2D eigenvalue weighted by Gasteiger charge is 2.30. The minimum Gasteiger partial charge on any atom is -0.350 e. The Hall–Kier alpha value is -2.41. The standard InChI is InChI=1S/C18H23N3O3S/c1-13-5-6-14(2)17(11-13)21(25(4,23)24)15(3)18(22)20-12-16-7-9-19-10-8-16/h5-11,15H,12H2,1-4H3,(H,20,22). The lowest BCUT2D eigenvalue weighted by Gasteiger charge is -2.29. The van der Waals surface area contributed by atoms with Crippen LogP contribution in [0, 0.1) is 13.8 Å². The Morgan fingerprint density at radius 1 is 1.20 bits per heavy atom. The van der Waals surface area contributed by atoms with E-state index in [1.165, 1.54) is 4.31 Å². The molecule has 7 heteroatoms. The van der Waals surface area contributed by atoms with E-state index in [-0.39, 0.29) is 5.91 Å². The van der Waals surface area contributed by atoms with Crippen molar-refractivity contribution < 1.29 is 13.2 Å². The van der Waals surface area contributed by atoms with Crippen LogP contribution in [-0.2, 0) is 21.4 Å². The number of pyridine rings is 1. The molecule has 0 spiro atoms. The first-order valence-electron chi connectivity index (χ1n) is 7.93. The highest BCUT2D eigenvalue weighted by molar-refractivity contribution is 7.92. The van der Waals surface area contributed by atoms with Crippen molar-refractivity contribution in [2.45, 2.75) is 33.4 Å². The molecule has 1 heterocycles. The molecule has 1 aromatic heterocycles. The van der Waals surface area contributed by atoms with Gasteiger partial charge in [-0.1, -0.05) is 12.1 Å². The summed E-state index contributed by atoms with van der Waals surface area (Å²) in [5.74, 6) is -0.358. The zero-order valence-electron chi connectivity index (χ0n) is 14.9. The molecule has 2 aromatic rings. The second-order valence-corrected chi connectivity index (χ2v) is 7.96. The van der Waals surface area contributed by atoms with Crippen LogP contribution in [0.3, 0.4) is 0 Å². The number of sulfonamides is 1. The molecule has 1 aromatic carbocycles. The number of rotatable bonds is 6. The topological polar surface area (TPSA) is 79.4 Å². The Kier molecular flexibility index (Phi) is 5.79. The number of nitrogens with one attached hydrogen (secondary N) is 1. The van der Waals surface area contributed by atoms with Gasteiger partial charge in [-0.25, -0.2) is 8.42 Å². The molecule has 134 valence electrons. The number of carbonyl (C=O) groups excluding carboxylic acids is 1. The molecule has 0 aliphatic heterocycles. The first-order chi connectivity index (χ1) is 11.7. The summed E-state index contributed by atoms with van der Waals surface area (Å²) in [7, 11) is -3.62. The summed E-state index contributed by atoms with van der Waals surface area (Å²) in [4.78, 5) is 16.5. The van der Waals surface area contributed by atoms with Crippen LogP contribution in [0.2, 0.25) is 0 Å². The predicted octanol–water partition coefficient (Wildman–Crippen LogP) is 2.17. The van der Waals surface area contributed by atoms with Gasteiger partial charge >= 0.3 is 0 Å². The molecule has 6 nitrogen and oxygen atoms in total. The van der Waals surface area contributed by atoms with Crippen LogP contribution in [-0.4, -0.2) is 31.6 Å². The normalized spacial score (nSPS) is 12.5. The first-order valence-corrected chi connectivity index (χ1v) is 9.78. The van der Waals surface area contributed by atoms with E-state index in [1.807, 2.05) is 26.0 Å². The second-order valence-electron chi connectivity index (χ2n) is 6.10. The quantitative estimate of drug-likeness (QED) is 0.855. The number of aryl methyl sites for hydroxylation is 2. The Balaban J connectivity index is 2.25. The fourth-order valence-corrected chi connectivity index (χ4v) is 3.80. The van der Waals surface area contributed by atoms with Crippen molar-refractivity contribution in [1.82, 2.24) is 10.3 Å². The van der Waals surface area contributed by atoms with E-state index < -0.39 is 16.1 Å². The summed E-state index contributed by atoms with van der Waals surface area (Å²) in [5, 5.41) is 2.78. The summed E-state index contributed by atoms with van der Waals surface area (Å²) in [5.41, 5.74) is 3.14. The molecular weight excluding hydrogens is 338 g/mol. The second kappa shape index (κ2) is 7.65. The van der Waals surface area contributed by atoms with Gasteiger partial charge in [0.1, 0.15) is 6.04 Å². The van der Waals surface area contributed by atoms with Crippen LogP contribution in [0.25, 0.3) is 0 Å². The van der Waals surface area contributed by atoms with Crippen molar-refractivity contribution in [2.75, 3.05) is 10.6 Å². The van der Waals surface area contributed by atoms with E-state index >= 15 is 0 Å². The maximum absolute atomic E-state index is 12.5.